The fraction of sp³-hybridized carbons (Fsp3) is 0.533. The smallest absolute Gasteiger partial charge is 0.172 e. The van der Waals surface area contributed by atoms with Crippen LogP contribution >= 0.6 is 11.6 Å². The quantitative estimate of drug-likeness (QED) is 0.388. The molecule has 0 aromatic heterocycles. The number of rotatable bonds is 3. The van der Waals surface area contributed by atoms with Gasteiger partial charge in [-0.15, -0.1) is 0 Å². The largest absolute Gasteiger partial charge is 0.409 e. The third-order valence-electron chi connectivity index (χ3n) is 4.51. The van der Waals surface area contributed by atoms with Gasteiger partial charge in [-0.3, -0.25) is 0 Å². The molecule has 2 rings (SSSR count). The molecule has 0 atom stereocenters. The molecule has 0 radical (unpaired) electrons. The van der Waals surface area contributed by atoms with Crippen molar-refractivity contribution >= 4 is 23.1 Å². The van der Waals surface area contributed by atoms with Crippen molar-refractivity contribution in [3.63, 3.8) is 0 Å². The van der Waals surface area contributed by atoms with Gasteiger partial charge in [0.1, 0.15) is 0 Å². The van der Waals surface area contributed by atoms with Crippen LogP contribution in [0.25, 0.3) is 0 Å². The molecule has 5 heteroatoms. The molecule has 4 nitrogen and oxygen atoms in total. The number of amidine groups is 1. The van der Waals surface area contributed by atoms with E-state index in [1.54, 1.807) is 6.07 Å². The molecule has 0 unspecified atom stereocenters. The van der Waals surface area contributed by atoms with E-state index in [2.05, 4.69) is 23.9 Å². The molecule has 0 saturated carbocycles. The lowest BCUT2D eigenvalue weighted by Gasteiger charge is -2.40. The molecule has 110 valence electrons. The number of halogens is 1. The Labute approximate surface area is 125 Å². The van der Waals surface area contributed by atoms with Crippen LogP contribution in [0.5, 0.6) is 0 Å². The highest BCUT2D eigenvalue weighted by molar-refractivity contribution is 6.31. The maximum atomic E-state index is 8.92. The predicted octanol–water partition coefficient (Wildman–Crippen LogP) is 3.45. The Kier molecular flexibility index (Phi) is 4.43. The van der Waals surface area contributed by atoms with E-state index >= 15 is 0 Å². The van der Waals surface area contributed by atoms with Gasteiger partial charge in [-0.25, -0.2) is 0 Å². The van der Waals surface area contributed by atoms with E-state index in [-0.39, 0.29) is 5.84 Å². The Morgan fingerprint density at radius 1 is 1.45 bits per heavy atom. The van der Waals surface area contributed by atoms with Crippen molar-refractivity contribution in [2.45, 2.75) is 33.1 Å². The zero-order chi connectivity index (χ0) is 14.8. The summed E-state index contributed by atoms with van der Waals surface area (Å²) >= 11 is 6.01. The van der Waals surface area contributed by atoms with Gasteiger partial charge < -0.3 is 15.8 Å². The number of anilines is 1. The first-order valence-electron chi connectivity index (χ1n) is 7.01. The highest BCUT2D eigenvalue weighted by Crippen LogP contribution is 2.36. The van der Waals surface area contributed by atoms with E-state index in [1.165, 1.54) is 6.42 Å². The average Bonchev–Trinajstić information content (AvgIpc) is 2.47. The molecule has 1 aromatic rings. The Morgan fingerprint density at radius 3 is 2.65 bits per heavy atom. The highest BCUT2D eigenvalue weighted by atomic mass is 35.5. The SMILES string of the molecule is CCC1(C)CCN(c2ccc(Cl)cc2C(N)=NO)CC1. The van der Waals surface area contributed by atoms with Gasteiger partial charge in [0, 0.05) is 29.4 Å². The second-order valence-corrected chi connectivity index (χ2v) is 6.23. The summed E-state index contributed by atoms with van der Waals surface area (Å²) in [5, 5.41) is 12.6. The minimum absolute atomic E-state index is 0.103. The Morgan fingerprint density at radius 2 is 2.10 bits per heavy atom. The van der Waals surface area contributed by atoms with E-state index in [0.29, 0.717) is 16.0 Å². The molecule has 20 heavy (non-hydrogen) atoms. The molecule has 0 spiro atoms. The van der Waals surface area contributed by atoms with Gasteiger partial charge in [0.05, 0.1) is 0 Å². The minimum atomic E-state index is 0.103. The molecule has 1 fully saturated rings. The zero-order valence-electron chi connectivity index (χ0n) is 12.1. The summed E-state index contributed by atoms with van der Waals surface area (Å²) in [7, 11) is 0. The topological polar surface area (TPSA) is 61.8 Å². The lowest BCUT2D eigenvalue weighted by Crippen LogP contribution is -2.39. The lowest BCUT2D eigenvalue weighted by molar-refractivity contribution is 0.238. The van der Waals surface area contributed by atoms with E-state index in [4.69, 9.17) is 22.5 Å². The van der Waals surface area contributed by atoms with Crippen LogP contribution in [0.3, 0.4) is 0 Å². The Balaban J connectivity index is 2.26. The van der Waals surface area contributed by atoms with Gasteiger partial charge in [-0.2, -0.15) is 0 Å². The standard InChI is InChI=1S/C15H22ClN3O/c1-3-15(2)6-8-19(9-7-15)13-5-4-11(16)10-12(13)14(17)18-20/h4-5,10,20H,3,6-9H2,1-2H3,(H2,17,18). The zero-order valence-corrected chi connectivity index (χ0v) is 12.8. The fourth-order valence-electron chi connectivity index (χ4n) is 2.68. The van der Waals surface area contributed by atoms with Crippen molar-refractivity contribution in [1.82, 2.24) is 0 Å². The molecule has 0 aliphatic carbocycles. The molecule has 0 bridgehead atoms. The number of oxime groups is 1. The molecule has 1 aliphatic rings. The summed E-state index contributed by atoms with van der Waals surface area (Å²) < 4.78 is 0. The molecular weight excluding hydrogens is 274 g/mol. The van der Waals surface area contributed by atoms with Crippen molar-refractivity contribution in [1.29, 1.82) is 0 Å². The summed E-state index contributed by atoms with van der Waals surface area (Å²) in [4.78, 5) is 2.29. The summed E-state index contributed by atoms with van der Waals surface area (Å²) in [6.07, 6.45) is 3.51. The summed E-state index contributed by atoms with van der Waals surface area (Å²) in [6, 6.07) is 5.54. The van der Waals surface area contributed by atoms with Crippen molar-refractivity contribution in [2.24, 2.45) is 16.3 Å². The van der Waals surface area contributed by atoms with E-state index in [1.807, 2.05) is 12.1 Å². The number of nitrogens with zero attached hydrogens (tertiary/aromatic N) is 2. The van der Waals surface area contributed by atoms with Crippen LogP contribution in [0.2, 0.25) is 5.02 Å². The van der Waals surface area contributed by atoms with Gasteiger partial charge in [0.2, 0.25) is 0 Å². The minimum Gasteiger partial charge on any atom is -0.409 e. The van der Waals surface area contributed by atoms with Crippen LogP contribution in [-0.4, -0.2) is 24.1 Å². The number of hydrogen-bond donors (Lipinski definition) is 2. The second kappa shape index (κ2) is 5.92. The first kappa shape index (κ1) is 15.0. The second-order valence-electron chi connectivity index (χ2n) is 5.80. The maximum Gasteiger partial charge on any atom is 0.172 e. The average molecular weight is 296 g/mol. The number of piperidine rings is 1. The monoisotopic (exact) mass is 295 g/mol. The van der Waals surface area contributed by atoms with Crippen LogP contribution in [-0.2, 0) is 0 Å². The van der Waals surface area contributed by atoms with Crippen LogP contribution in [0.4, 0.5) is 5.69 Å². The molecule has 1 heterocycles. The van der Waals surface area contributed by atoms with Gasteiger partial charge in [-0.05, 0) is 36.5 Å². The van der Waals surface area contributed by atoms with E-state index in [0.717, 1.165) is 31.6 Å². The maximum absolute atomic E-state index is 8.92. The van der Waals surface area contributed by atoms with Crippen molar-refractivity contribution in [3.05, 3.63) is 28.8 Å². The van der Waals surface area contributed by atoms with Gasteiger partial charge >= 0.3 is 0 Å². The normalized spacial score (nSPS) is 19.1. The first-order chi connectivity index (χ1) is 9.49. The molecule has 1 aliphatic heterocycles. The highest BCUT2D eigenvalue weighted by Gasteiger charge is 2.29. The first-order valence-corrected chi connectivity index (χ1v) is 7.39. The van der Waals surface area contributed by atoms with Crippen LogP contribution in [0, 0.1) is 5.41 Å². The van der Waals surface area contributed by atoms with E-state index < -0.39 is 0 Å². The van der Waals surface area contributed by atoms with Crippen LogP contribution in [0.1, 0.15) is 38.7 Å². The van der Waals surface area contributed by atoms with Crippen molar-refractivity contribution < 1.29 is 5.21 Å². The Hall–Kier alpha value is -1.42. The summed E-state index contributed by atoms with van der Waals surface area (Å²) in [6.45, 7) is 6.56. The third-order valence-corrected chi connectivity index (χ3v) is 4.74. The van der Waals surface area contributed by atoms with Crippen LogP contribution < -0.4 is 10.6 Å². The summed E-state index contributed by atoms with van der Waals surface area (Å²) in [5.74, 6) is 0.103. The third kappa shape index (κ3) is 3.01. The van der Waals surface area contributed by atoms with Crippen LogP contribution in [0.15, 0.2) is 23.4 Å². The summed E-state index contributed by atoms with van der Waals surface area (Å²) in [5.41, 5.74) is 7.88. The Bertz CT molecular complexity index is 508. The van der Waals surface area contributed by atoms with Crippen molar-refractivity contribution in [2.75, 3.05) is 18.0 Å². The molecule has 0 amide bonds. The molecular formula is C15H22ClN3O. The number of hydrogen-bond acceptors (Lipinski definition) is 3. The number of benzene rings is 1. The van der Waals surface area contributed by atoms with Gasteiger partial charge in [0.25, 0.3) is 0 Å². The molecule has 1 aromatic carbocycles. The van der Waals surface area contributed by atoms with Crippen molar-refractivity contribution in [3.8, 4) is 0 Å². The fourth-order valence-corrected chi connectivity index (χ4v) is 2.86. The lowest BCUT2D eigenvalue weighted by atomic mass is 9.78. The molecule has 1 saturated heterocycles. The van der Waals surface area contributed by atoms with Gasteiger partial charge in [-0.1, -0.05) is 37.0 Å². The van der Waals surface area contributed by atoms with Gasteiger partial charge in [0.15, 0.2) is 5.84 Å². The number of nitrogens with two attached hydrogens (primary N) is 1. The molecule has 3 N–H and O–H groups in total. The predicted molar refractivity (Wildman–Crippen MR) is 83.8 cm³/mol. The van der Waals surface area contributed by atoms with E-state index in [9.17, 15) is 0 Å².